The molecule has 21 heavy (non-hydrogen) atoms. The van der Waals surface area contributed by atoms with Crippen molar-refractivity contribution in [3.05, 3.63) is 30.1 Å². The molecule has 0 unspecified atom stereocenters. The monoisotopic (exact) mass is 302 g/mol. The predicted octanol–water partition coefficient (Wildman–Crippen LogP) is 3.55. The minimum Gasteiger partial charge on any atom is -0.462 e. The molecule has 3 rings (SSSR count). The van der Waals surface area contributed by atoms with Crippen molar-refractivity contribution in [1.29, 1.82) is 0 Å². The molecule has 1 saturated carbocycles. The van der Waals surface area contributed by atoms with Crippen LogP contribution in [0.4, 0.5) is 0 Å². The van der Waals surface area contributed by atoms with Crippen molar-refractivity contribution in [2.24, 2.45) is 0 Å². The van der Waals surface area contributed by atoms with Crippen LogP contribution in [-0.4, -0.2) is 27.8 Å². The van der Waals surface area contributed by atoms with E-state index in [1.807, 2.05) is 38.1 Å². The largest absolute Gasteiger partial charge is 0.462 e. The maximum atomic E-state index is 11.7. The number of benzene rings is 1. The fourth-order valence-electron chi connectivity index (χ4n) is 2.12. The quantitative estimate of drug-likeness (QED) is 0.480. The van der Waals surface area contributed by atoms with E-state index in [1.165, 1.54) is 11.8 Å². The molecule has 0 N–H and O–H groups in total. The molecule has 0 spiro atoms. The number of aromatic nitrogens is 2. The van der Waals surface area contributed by atoms with E-state index in [9.17, 15) is 4.79 Å². The van der Waals surface area contributed by atoms with Crippen molar-refractivity contribution in [2.45, 2.75) is 43.7 Å². The van der Waals surface area contributed by atoms with Gasteiger partial charge < -0.3 is 4.74 Å². The minimum atomic E-state index is -0.203. The van der Waals surface area contributed by atoms with E-state index < -0.39 is 0 Å². The highest BCUT2D eigenvalue weighted by molar-refractivity contribution is 8.00. The standard InChI is InChI=1S/C16H18N2O2S/c1-10(2)20-14(19)9-21-16-12-5-3-4-6-13(12)17-15(18-16)11-7-8-11/h3-6,10-11H,7-9H2,1-2H3. The zero-order chi connectivity index (χ0) is 14.8. The molecule has 0 radical (unpaired) electrons. The summed E-state index contributed by atoms with van der Waals surface area (Å²) in [6.07, 6.45) is 2.25. The molecule has 1 aliphatic rings. The van der Waals surface area contributed by atoms with Gasteiger partial charge in [-0.1, -0.05) is 30.0 Å². The SMILES string of the molecule is CC(C)OC(=O)CSc1nc(C2CC2)nc2ccccc12. The topological polar surface area (TPSA) is 52.1 Å². The van der Waals surface area contributed by atoms with E-state index >= 15 is 0 Å². The second-order valence-corrected chi connectivity index (χ2v) is 6.47. The summed E-state index contributed by atoms with van der Waals surface area (Å²) in [6.45, 7) is 3.71. The molecule has 0 saturated heterocycles. The van der Waals surface area contributed by atoms with Crippen LogP contribution in [0, 0.1) is 0 Å². The molecular weight excluding hydrogens is 284 g/mol. The number of thioether (sulfide) groups is 1. The Balaban J connectivity index is 1.84. The summed E-state index contributed by atoms with van der Waals surface area (Å²) in [5.41, 5.74) is 0.953. The number of esters is 1. The number of fused-ring (bicyclic) bond motifs is 1. The van der Waals surface area contributed by atoms with Crippen molar-refractivity contribution < 1.29 is 9.53 Å². The van der Waals surface area contributed by atoms with Crippen LogP contribution in [0.1, 0.15) is 38.4 Å². The molecule has 1 heterocycles. The highest BCUT2D eigenvalue weighted by Crippen LogP contribution is 2.39. The van der Waals surface area contributed by atoms with Crippen LogP contribution in [0.25, 0.3) is 10.9 Å². The van der Waals surface area contributed by atoms with Gasteiger partial charge in [0.1, 0.15) is 10.9 Å². The smallest absolute Gasteiger partial charge is 0.316 e. The lowest BCUT2D eigenvalue weighted by Crippen LogP contribution is -2.13. The Morgan fingerprint density at radius 2 is 2.10 bits per heavy atom. The Labute approximate surface area is 128 Å². The van der Waals surface area contributed by atoms with Gasteiger partial charge in [0, 0.05) is 11.3 Å². The first-order valence-corrected chi connectivity index (χ1v) is 8.21. The number of carbonyl (C=O) groups is 1. The second kappa shape index (κ2) is 6.02. The number of carbonyl (C=O) groups excluding carboxylic acids is 1. The van der Waals surface area contributed by atoms with Crippen molar-refractivity contribution in [3.63, 3.8) is 0 Å². The summed E-state index contributed by atoms with van der Waals surface area (Å²) in [6, 6.07) is 7.95. The fourth-order valence-corrected chi connectivity index (χ4v) is 2.93. The molecule has 110 valence electrons. The van der Waals surface area contributed by atoms with E-state index in [1.54, 1.807) is 0 Å². The summed E-state index contributed by atoms with van der Waals surface area (Å²) in [5, 5.41) is 1.88. The Morgan fingerprint density at radius 3 is 2.81 bits per heavy atom. The van der Waals surface area contributed by atoms with E-state index in [4.69, 9.17) is 4.74 Å². The molecule has 0 atom stereocenters. The third-order valence-electron chi connectivity index (χ3n) is 3.22. The summed E-state index contributed by atoms with van der Waals surface area (Å²) in [5.74, 6) is 1.49. The van der Waals surface area contributed by atoms with Gasteiger partial charge in [-0.3, -0.25) is 4.79 Å². The van der Waals surface area contributed by atoms with Gasteiger partial charge in [-0.2, -0.15) is 0 Å². The zero-order valence-electron chi connectivity index (χ0n) is 12.2. The van der Waals surface area contributed by atoms with E-state index in [2.05, 4.69) is 9.97 Å². The Morgan fingerprint density at radius 1 is 1.33 bits per heavy atom. The Kier molecular flexibility index (Phi) is 4.10. The summed E-state index contributed by atoms with van der Waals surface area (Å²) in [7, 11) is 0. The first-order valence-electron chi connectivity index (χ1n) is 7.22. The summed E-state index contributed by atoms with van der Waals surface area (Å²) in [4.78, 5) is 21.0. The molecule has 1 aromatic carbocycles. The van der Waals surface area contributed by atoms with Crippen molar-refractivity contribution in [2.75, 3.05) is 5.75 Å². The summed E-state index contributed by atoms with van der Waals surface area (Å²) < 4.78 is 5.17. The van der Waals surface area contributed by atoms with Gasteiger partial charge in [-0.05, 0) is 32.8 Å². The van der Waals surface area contributed by atoms with Crippen LogP contribution in [-0.2, 0) is 9.53 Å². The van der Waals surface area contributed by atoms with Gasteiger partial charge in [0.15, 0.2) is 0 Å². The molecule has 2 aromatic rings. The first kappa shape index (κ1) is 14.3. The lowest BCUT2D eigenvalue weighted by atomic mass is 10.2. The maximum Gasteiger partial charge on any atom is 0.316 e. The third kappa shape index (κ3) is 3.53. The molecule has 1 aliphatic carbocycles. The van der Waals surface area contributed by atoms with Crippen LogP contribution in [0.5, 0.6) is 0 Å². The maximum absolute atomic E-state index is 11.7. The predicted molar refractivity (Wildman–Crippen MR) is 83.5 cm³/mol. The molecule has 4 nitrogen and oxygen atoms in total. The van der Waals surface area contributed by atoms with Gasteiger partial charge in [-0.25, -0.2) is 9.97 Å². The van der Waals surface area contributed by atoms with Gasteiger partial charge in [0.25, 0.3) is 0 Å². The van der Waals surface area contributed by atoms with Crippen LogP contribution in [0.2, 0.25) is 0 Å². The number of para-hydroxylation sites is 1. The first-order chi connectivity index (χ1) is 10.1. The van der Waals surface area contributed by atoms with Crippen molar-refractivity contribution in [1.82, 2.24) is 9.97 Å². The van der Waals surface area contributed by atoms with Gasteiger partial charge in [0.05, 0.1) is 17.4 Å². The van der Waals surface area contributed by atoms with Gasteiger partial charge in [0.2, 0.25) is 0 Å². The van der Waals surface area contributed by atoms with Crippen LogP contribution in [0.3, 0.4) is 0 Å². The number of hydrogen-bond acceptors (Lipinski definition) is 5. The number of ether oxygens (including phenoxy) is 1. The highest BCUT2D eigenvalue weighted by atomic mass is 32.2. The van der Waals surface area contributed by atoms with Crippen molar-refractivity contribution >= 4 is 28.6 Å². The average molecular weight is 302 g/mol. The second-order valence-electron chi connectivity index (χ2n) is 5.51. The molecule has 0 aliphatic heterocycles. The fraction of sp³-hybridized carbons (Fsp3) is 0.438. The molecule has 1 aromatic heterocycles. The lowest BCUT2D eigenvalue weighted by Gasteiger charge is -2.09. The normalized spacial score (nSPS) is 14.6. The minimum absolute atomic E-state index is 0.0812. The summed E-state index contributed by atoms with van der Waals surface area (Å²) >= 11 is 1.43. The van der Waals surface area contributed by atoms with Crippen LogP contribution >= 0.6 is 11.8 Å². The molecule has 0 bridgehead atoms. The zero-order valence-corrected chi connectivity index (χ0v) is 13.0. The average Bonchev–Trinajstić information content (AvgIpc) is 3.28. The Bertz CT molecular complexity index is 668. The molecule has 1 fully saturated rings. The third-order valence-corrected chi connectivity index (χ3v) is 4.19. The lowest BCUT2D eigenvalue weighted by molar-refractivity contribution is -0.144. The van der Waals surface area contributed by atoms with E-state index in [0.29, 0.717) is 5.92 Å². The van der Waals surface area contributed by atoms with Crippen LogP contribution in [0.15, 0.2) is 29.3 Å². The van der Waals surface area contributed by atoms with Crippen LogP contribution < -0.4 is 0 Å². The number of nitrogens with zero attached hydrogens (tertiary/aromatic N) is 2. The molecule has 0 amide bonds. The Hall–Kier alpha value is -1.62. The van der Waals surface area contributed by atoms with E-state index in [-0.39, 0.29) is 17.8 Å². The highest BCUT2D eigenvalue weighted by Gasteiger charge is 2.27. The number of hydrogen-bond donors (Lipinski definition) is 0. The van der Waals surface area contributed by atoms with Gasteiger partial charge in [-0.15, -0.1) is 0 Å². The molecule has 5 heteroatoms. The van der Waals surface area contributed by atoms with E-state index in [0.717, 1.165) is 34.6 Å². The molecular formula is C16H18N2O2S. The van der Waals surface area contributed by atoms with Gasteiger partial charge >= 0.3 is 5.97 Å². The number of rotatable bonds is 5. The van der Waals surface area contributed by atoms with Crippen molar-refractivity contribution in [3.8, 4) is 0 Å².